The Morgan fingerprint density at radius 2 is 2.00 bits per heavy atom. The Morgan fingerprint density at radius 3 is 2.65 bits per heavy atom. The Balaban J connectivity index is 1.83. The maximum atomic E-state index is 12.4. The van der Waals surface area contributed by atoms with Crippen LogP contribution in [0.5, 0.6) is 0 Å². The maximum Gasteiger partial charge on any atom is 0.263 e. The lowest BCUT2D eigenvalue weighted by Gasteiger charge is -2.14. The number of anilines is 1. The first-order chi connectivity index (χ1) is 10.9. The number of rotatable bonds is 3. The van der Waals surface area contributed by atoms with Gasteiger partial charge in [-0.15, -0.1) is 0 Å². The molecule has 1 atom stereocenters. The second-order valence-electron chi connectivity index (χ2n) is 5.72. The number of carbonyl (C=O) groups is 4. The average Bonchev–Trinajstić information content (AvgIpc) is 3.02. The Bertz CT molecular complexity index is 728. The van der Waals surface area contributed by atoms with Crippen LogP contribution < -0.4 is 5.32 Å². The number of imide groups is 1. The summed E-state index contributed by atoms with van der Waals surface area (Å²) >= 11 is 0. The van der Waals surface area contributed by atoms with Gasteiger partial charge in [-0.1, -0.05) is 6.07 Å². The molecule has 1 saturated heterocycles. The molecule has 23 heavy (non-hydrogen) atoms. The smallest absolute Gasteiger partial charge is 0.263 e. The lowest BCUT2D eigenvalue weighted by atomic mass is 10.1. The van der Waals surface area contributed by atoms with E-state index in [1.807, 2.05) is 6.92 Å². The fraction of sp³-hybridized carbons (Fsp3) is 0.375. The molecular formula is C16H17N3O4. The summed E-state index contributed by atoms with van der Waals surface area (Å²) in [6, 6.07) is 4.78. The Labute approximate surface area is 133 Å². The summed E-state index contributed by atoms with van der Waals surface area (Å²) in [5.74, 6) is -1.61. The molecule has 2 aliphatic rings. The summed E-state index contributed by atoms with van der Waals surface area (Å²) < 4.78 is 0. The molecule has 1 N–H and O–H groups in total. The van der Waals surface area contributed by atoms with Crippen LogP contribution in [0.15, 0.2) is 18.2 Å². The minimum Gasteiger partial charge on any atom is -0.342 e. The zero-order valence-corrected chi connectivity index (χ0v) is 13.0. The maximum absolute atomic E-state index is 12.4. The highest BCUT2D eigenvalue weighted by molar-refractivity contribution is 6.24. The van der Waals surface area contributed by atoms with Crippen LogP contribution in [0.3, 0.4) is 0 Å². The summed E-state index contributed by atoms with van der Waals surface area (Å²) in [6.45, 7) is 2.81. The highest BCUT2D eigenvalue weighted by atomic mass is 16.2. The van der Waals surface area contributed by atoms with Crippen LogP contribution in [0.1, 0.15) is 34.1 Å². The molecule has 0 saturated carbocycles. The fourth-order valence-electron chi connectivity index (χ4n) is 2.99. The standard InChI is InChI=1S/C16H17N3O4/c1-3-19-8-9(7-12(19)20)14(21)17-11-6-4-5-10-13(11)16(23)18(2)15(10)22/h4-6,9H,3,7-8H2,1-2H3,(H,17,21)/t9-/m1/s1. The molecule has 0 aromatic heterocycles. The van der Waals surface area contributed by atoms with Crippen LogP contribution >= 0.6 is 0 Å². The van der Waals surface area contributed by atoms with Crippen LogP contribution in [0.4, 0.5) is 5.69 Å². The van der Waals surface area contributed by atoms with Crippen LogP contribution in [-0.2, 0) is 9.59 Å². The monoisotopic (exact) mass is 315 g/mol. The van der Waals surface area contributed by atoms with E-state index in [4.69, 9.17) is 0 Å². The molecule has 2 heterocycles. The van der Waals surface area contributed by atoms with Crippen LogP contribution in [0.25, 0.3) is 0 Å². The molecule has 2 aliphatic heterocycles. The molecule has 1 aromatic carbocycles. The lowest BCUT2D eigenvalue weighted by Crippen LogP contribution is -2.28. The number of carbonyl (C=O) groups excluding carboxylic acids is 4. The number of hydrogen-bond donors (Lipinski definition) is 1. The van der Waals surface area contributed by atoms with Crippen molar-refractivity contribution < 1.29 is 19.2 Å². The molecule has 0 spiro atoms. The van der Waals surface area contributed by atoms with E-state index in [9.17, 15) is 19.2 Å². The molecule has 7 nitrogen and oxygen atoms in total. The van der Waals surface area contributed by atoms with E-state index in [0.717, 1.165) is 4.90 Å². The number of nitrogens with zero attached hydrogens (tertiary/aromatic N) is 2. The van der Waals surface area contributed by atoms with Gasteiger partial charge in [0.2, 0.25) is 11.8 Å². The van der Waals surface area contributed by atoms with Crippen molar-refractivity contribution in [3.63, 3.8) is 0 Å². The Kier molecular flexibility index (Phi) is 3.63. The largest absolute Gasteiger partial charge is 0.342 e. The van der Waals surface area contributed by atoms with E-state index in [2.05, 4.69) is 5.32 Å². The average molecular weight is 315 g/mol. The Morgan fingerprint density at radius 1 is 1.26 bits per heavy atom. The van der Waals surface area contributed by atoms with E-state index in [1.165, 1.54) is 7.05 Å². The summed E-state index contributed by atoms with van der Waals surface area (Å²) in [6.07, 6.45) is 0.168. The van der Waals surface area contributed by atoms with Gasteiger partial charge in [-0.3, -0.25) is 24.1 Å². The normalized spacial score (nSPS) is 20.3. The minimum atomic E-state index is -0.441. The van der Waals surface area contributed by atoms with E-state index in [1.54, 1.807) is 23.1 Å². The number of fused-ring (bicyclic) bond motifs is 1. The molecule has 0 bridgehead atoms. The van der Waals surface area contributed by atoms with Crippen molar-refractivity contribution in [2.75, 3.05) is 25.5 Å². The van der Waals surface area contributed by atoms with Crippen molar-refractivity contribution >= 4 is 29.3 Å². The number of likely N-dealkylation sites (tertiary alicyclic amines) is 1. The van der Waals surface area contributed by atoms with Gasteiger partial charge >= 0.3 is 0 Å². The van der Waals surface area contributed by atoms with Gasteiger partial charge in [0.25, 0.3) is 11.8 Å². The third kappa shape index (κ3) is 2.38. The molecule has 0 aliphatic carbocycles. The molecule has 3 rings (SSSR count). The van der Waals surface area contributed by atoms with Gasteiger partial charge < -0.3 is 10.2 Å². The first kappa shape index (κ1) is 15.2. The van der Waals surface area contributed by atoms with Gasteiger partial charge in [-0.25, -0.2) is 0 Å². The molecule has 0 radical (unpaired) electrons. The third-order valence-corrected chi connectivity index (χ3v) is 4.34. The first-order valence-electron chi connectivity index (χ1n) is 7.48. The molecule has 0 unspecified atom stereocenters. The van der Waals surface area contributed by atoms with E-state index >= 15 is 0 Å². The highest BCUT2D eigenvalue weighted by Crippen LogP contribution is 2.29. The lowest BCUT2D eigenvalue weighted by molar-refractivity contribution is -0.128. The van der Waals surface area contributed by atoms with Crippen molar-refractivity contribution in [3.8, 4) is 0 Å². The van der Waals surface area contributed by atoms with Crippen molar-refractivity contribution in [2.24, 2.45) is 5.92 Å². The van der Waals surface area contributed by atoms with Crippen molar-refractivity contribution in [1.82, 2.24) is 9.80 Å². The molecule has 120 valence electrons. The van der Waals surface area contributed by atoms with Crippen molar-refractivity contribution in [1.29, 1.82) is 0 Å². The topological polar surface area (TPSA) is 86.8 Å². The van der Waals surface area contributed by atoms with Gasteiger partial charge in [0.05, 0.1) is 22.7 Å². The number of amides is 4. The Hall–Kier alpha value is -2.70. The fourth-order valence-corrected chi connectivity index (χ4v) is 2.99. The third-order valence-electron chi connectivity index (χ3n) is 4.34. The van der Waals surface area contributed by atoms with Crippen molar-refractivity contribution in [3.05, 3.63) is 29.3 Å². The van der Waals surface area contributed by atoms with Crippen LogP contribution in [-0.4, -0.2) is 53.6 Å². The zero-order chi connectivity index (χ0) is 16.7. The van der Waals surface area contributed by atoms with Gasteiger partial charge in [0.15, 0.2) is 0 Å². The number of benzene rings is 1. The predicted octanol–water partition coefficient (Wildman–Crippen LogP) is 0.719. The van der Waals surface area contributed by atoms with E-state index in [0.29, 0.717) is 18.8 Å². The molecule has 4 amide bonds. The number of nitrogens with one attached hydrogen (secondary N) is 1. The molecule has 1 fully saturated rings. The zero-order valence-electron chi connectivity index (χ0n) is 13.0. The van der Waals surface area contributed by atoms with E-state index < -0.39 is 11.8 Å². The number of hydrogen-bond acceptors (Lipinski definition) is 4. The van der Waals surface area contributed by atoms with Gasteiger partial charge in [0.1, 0.15) is 0 Å². The molecular weight excluding hydrogens is 298 g/mol. The summed E-state index contributed by atoms with van der Waals surface area (Å²) in [5.41, 5.74) is 0.815. The second-order valence-corrected chi connectivity index (χ2v) is 5.72. The summed E-state index contributed by atoms with van der Waals surface area (Å²) in [5, 5.41) is 2.70. The SMILES string of the molecule is CCN1C[C@H](C(=O)Nc2cccc3c2C(=O)N(C)C3=O)CC1=O. The van der Waals surface area contributed by atoms with E-state index in [-0.39, 0.29) is 35.3 Å². The van der Waals surface area contributed by atoms with Gasteiger partial charge in [-0.2, -0.15) is 0 Å². The quantitative estimate of drug-likeness (QED) is 0.833. The van der Waals surface area contributed by atoms with Crippen molar-refractivity contribution in [2.45, 2.75) is 13.3 Å². The molecule has 7 heteroatoms. The van der Waals surface area contributed by atoms with Gasteiger partial charge in [-0.05, 0) is 19.1 Å². The first-order valence-corrected chi connectivity index (χ1v) is 7.48. The van der Waals surface area contributed by atoms with Crippen LogP contribution in [0.2, 0.25) is 0 Å². The predicted molar refractivity (Wildman–Crippen MR) is 81.9 cm³/mol. The summed E-state index contributed by atoms with van der Waals surface area (Å²) in [4.78, 5) is 50.9. The van der Waals surface area contributed by atoms with Crippen LogP contribution in [0, 0.1) is 5.92 Å². The molecule has 1 aromatic rings. The minimum absolute atomic E-state index is 0.0445. The van der Waals surface area contributed by atoms with Gasteiger partial charge in [0, 0.05) is 26.6 Å². The second kappa shape index (κ2) is 5.49. The summed E-state index contributed by atoms with van der Waals surface area (Å²) in [7, 11) is 1.41. The highest BCUT2D eigenvalue weighted by Gasteiger charge is 2.37.